The highest BCUT2D eigenvalue weighted by Crippen LogP contribution is 2.22. The van der Waals surface area contributed by atoms with Gasteiger partial charge in [-0.1, -0.05) is 55.3 Å². The Morgan fingerprint density at radius 2 is 2.03 bits per heavy atom. The van der Waals surface area contributed by atoms with Crippen molar-refractivity contribution in [2.75, 3.05) is 0 Å². The molecule has 0 bridgehead atoms. The molecule has 0 saturated carbocycles. The minimum absolute atomic E-state index is 0.0506. The van der Waals surface area contributed by atoms with Crippen molar-refractivity contribution in [1.82, 2.24) is 14.5 Å². The van der Waals surface area contributed by atoms with Crippen molar-refractivity contribution in [3.8, 4) is 11.3 Å². The number of amidine groups is 1. The number of H-pyrrole nitrogens is 1. The normalized spacial score (nSPS) is 13.4. The van der Waals surface area contributed by atoms with Crippen LogP contribution in [0.2, 0.25) is 0 Å². The second-order valence-corrected chi connectivity index (χ2v) is 8.67. The quantitative estimate of drug-likeness (QED) is 0.149. The zero-order valence-corrected chi connectivity index (χ0v) is 20.3. The van der Waals surface area contributed by atoms with Gasteiger partial charge in [-0.15, -0.1) is 0 Å². The van der Waals surface area contributed by atoms with Crippen LogP contribution >= 0.6 is 0 Å². The number of aromatic amines is 1. The van der Waals surface area contributed by atoms with Gasteiger partial charge < -0.3 is 16.6 Å². The average Bonchev–Trinajstić information content (AvgIpc) is 3.51. The Hall–Kier alpha value is -3.61. The second kappa shape index (κ2) is 12.6. The first kappa shape index (κ1) is 25.0. The first-order valence-electron chi connectivity index (χ1n) is 12.0. The van der Waals surface area contributed by atoms with Crippen molar-refractivity contribution in [2.45, 2.75) is 65.3 Å². The smallest absolute Gasteiger partial charge is 0.325 e. The third kappa shape index (κ3) is 6.94. The molecule has 34 heavy (non-hydrogen) atoms. The molecule has 0 spiro atoms. The third-order valence-corrected chi connectivity index (χ3v) is 5.98. The summed E-state index contributed by atoms with van der Waals surface area (Å²) in [5.41, 5.74) is 12.1. The zero-order valence-electron chi connectivity index (χ0n) is 20.3. The van der Waals surface area contributed by atoms with E-state index in [-0.39, 0.29) is 5.69 Å². The minimum Gasteiger partial charge on any atom is -0.382 e. The molecule has 2 heterocycles. The van der Waals surface area contributed by atoms with Crippen molar-refractivity contribution in [3.05, 3.63) is 87.7 Å². The molecule has 0 radical (unpaired) electrons. The molecule has 0 aliphatic heterocycles. The van der Waals surface area contributed by atoms with Gasteiger partial charge in [-0.05, 0) is 57.1 Å². The summed E-state index contributed by atoms with van der Waals surface area (Å²) in [6.45, 7) is 4.99. The Kier molecular flexibility index (Phi) is 9.26. The number of hydrazone groups is 1. The van der Waals surface area contributed by atoms with Crippen LogP contribution in [-0.2, 0) is 13.0 Å². The van der Waals surface area contributed by atoms with Gasteiger partial charge in [0.25, 0.3) is 0 Å². The van der Waals surface area contributed by atoms with E-state index in [1.54, 1.807) is 0 Å². The van der Waals surface area contributed by atoms with Gasteiger partial charge in [0, 0.05) is 35.8 Å². The molecule has 0 atom stereocenters. The number of benzene rings is 1. The van der Waals surface area contributed by atoms with E-state index >= 15 is 0 Å². The maximum Gasteiger partial charge on any atom is 0.325 e. The number of hydrogen-bond donors (Lipinski definition) is 3. The first-order chi connectivity index (χ1) is 16.5. The van der Waals surface area contributed by atoms with E-state index in [1.165, 1.54) is 31.3 Å². The molecular formula is C27H36N6O. The van der Waals surface area contributed by atoms with E-state index in [2.05, 4.69) is 28.1 Å². The van der Waals surface area contributed by atoms with E-state index in [9.17, 15) is 4.79 Å². The molecule has 2 aromatic heterocycles. The van der Waals surface area contributed by atoms with Gasteiger partial charge in [0.15, 0.2) is 5.84 Å². The monoisotopic (exact) mass is 460 g/mol. The standard InChI is InChI=1S/C14H22N2O.C13H14N4/c1-2-3-8-13-11-16(14(17)15-13)10-9-12-6-4-5-7-12;1-9-6-7-12(16-8-9)10-4-2-3-5-11(10)13(14)17-15/h6,11H,2-5,7-10H2,1H3,(H,15,17);2-8H,15H2,1H3,(H2,14,17). The van der Waals surface area contributed by atoms with Crippen LogP contribution in [0.15, 0.2) is 70.3 Å². The summed E-state index contributed by atoms with van der Waals surface area (Å²) in [5.74, 6) is 5.53. The van der Waals surface area contributed by atoms with Crippen molar-refractivity contribution in [2.24, 2.45) is 16.7 Å². The van der Waals surface area contributed by atoms with Gasteiger partial charge in [0.2, 0.25) is 0 Å². The summed E-state index contributed by atoms with van der Waals surface area (Å²) in [5, 5.41) is 3.53. The molecule has 0 saturated heterocycles. The summed E-state index contributed by atoms with van der Waals surface area (Å²) in [6.07, 6.45) is 14.2. The summed E-state index contributed by atoms with van der Waals surface area (Å²) >= 11 is 0. The fourth-order valence-corrected chi connectivity index (χ4v) is 4.00. The van der Waals surface area contributed by atoms with Crippen LogP contribution in [0.4, 0.5) is 0 Å². The van der Waals surface area contributed by atoms with E-state index in [4.69, 9.17) is 11.6 Å². The fraction of sp³-hybridized carbons (Fsp3) is 0.370. The number of nitrogens with zero attached hydrogens (tertiary/aromatic N) is 3. The number of unbranched alkanes of at least 4 members (excludes halogenated alkanes) is 1. The van der Waals surface area contributed by atoms with E-state index in [0.717, 1.165) is 53.9 Å². The lowest BCUT2D eigenvalue weighted by molar-refractivity contribution is 0.657. The molecule has 180 valence electrons. The minimum atomic E-state index is 0.0506. The van der Waals surface area contributed by atoms with Crippen molar-refractivity contribution in [1.29, 1.82) is 0 Å². The van der Waals surface area contributed by atoms with Crippen LogP contribution in [0.25, 0.3) is 11.3 Å². The van der Waals surface area contributed by atoms with Crippen LogP contribution in [0.3, 0.4) is 0 Å². The van der Waals surface area contributed by atoms with Crippen LogP contribution in [0.1, 0.15) is 62.3 Å². The molecule has 1 aromatic carbocycles. The second-order valence-electron chi connectivity index (χ2n) is 8.67. The van der Waals surface area contributed by atoms with E-state index in [1.807, 2.05) is 60.3 Å². The molecule has 1 aliphatic carbocycles. The fourth-order valence-electron chi connectivity index (χ4n) is 4.00. The highest BCUT2D eigenvalue weighted by Gasteiger charge is 2.09. The molecule has 3 aromatic rings. The van der Waals surface area contributed by atoms with Crippen LogP contribution in [-0.4, -0.2) is 20.4 Å². The molecule has 5 N–H and O–H groups in total. The Bertz CT molecular complexity index is 1170. The highest BCUT2D eigenvalue weighted by molar-refractivity contribution is 6.02. The van der Waals surface area contributed by atoms with Crippen molar-refractivity contribution >= 4 is 5.84 Å². The highest BCUT2D eigenvalue weighted by atomic mass is 16.1. The molecule has 0 unspecified atom stereocenters. The lowest BCUT2D eigenvalue weighted by Gasteiger charge is -2.07. The number of imidazole rings is 1. The summed E-state index contributed by atoms with van der Waals surface area (Å²) in [6, 6.07) is 11.6. The number of rotatable bonds is 8. The van der Waals surface area contributed by atoms with Gasteiger partial charge in [0.1, 0.15) is 0 Å². The summed E-state index contributed by atoms with van der Waals surface area (Å²) in [7, 11) is 0. The number of nitrogens with two attached hydrogens (primary N) is 2. The van der Waals surface area contributed by atoms with Gasteiger partial charge in [0.05, 0.1) is 5.69 Å². The van der Waals surface area contributed by atoms with Crippen LogP contribution in [0, 0.1) is 6.92 Å². The number of aryl methyl sites for hydroxylation is 3. The first-order valence-corrected chi connectivity index (χ1v) is 12.0. The Labute approximate surface area is 201 Å². The van der Waals surface area contributed by atoms with Gasteiger partial charge >= 0.3 is 5.69 Å². The summed E-state index contributed by atoms with van der Waals surface area (Å²) < 4.78 is 1.82. The zero-order chi connectivity index (χ0) is 24.3. The van der Waals surface area contributed by atoms with Gasteiger partial charge in [-0.25, -0.2) is 4.79 Å². The van der Waals surface area contributed by atoms with Crippen molar-refractivity contribution < 1.29 is 0 Å². The SMILES string of the molecule is CCCCc1cn(CCC2=CCCC2)c(=O)[nH]1.Cc1ccc(-c2ccccc2/C(N)=N/N)nc1. The Balaban J connectivity index is 0.000000191. The number of hydrogen-bond acceptors (Lipinski definition) is 4. The predicted octanol–water partition coefficient (Wildman–Crippen LogP) is 4.66. The predicted molar refractivity (Wildman–Crippen MR) is 140 cm³/mol. The molecule has 7 heteroatoms. The lowest BCUT2D eigenvalue weighted by Crippen LogP contribution is -2.16. The molecule has 1 aliphatic rings. The Morgan fingerprint density at radius 3 is 2.71 bits per heavy atom. The number of aromatic nitrogens is 3. The maximum atomic E-state index is 11.7. The topological polar surface area (TPSA) is 115 Å². The summed E-state index contributed by atoms with van der Waals surface area (Å²) in [4.78, 5) is 19.0. The number of pyridine rings is 1. The van der Waals surface area contributed by atoms with E-state index < -0.39 is 0 Å². The van der Waals surface area contributed by atoms with Crippen molar-refractivity contribution in [3.63, 3.8) is 0 Å². The van der Waals surface area contributed by atoms with E-state index in [0.29, 0.717) is 5.84 Å². The largest absolute Gasteiger partial charge is 0.382 e. The third-order valence-electron chi connectivity index (χ3n) is 5.98. The Morgan fingerprint density at radius 1 is 1.21 bits per heavy atom. The number of nitrogens with one attached hydrogen (secondary N) is 1. The molecule has 0 amide bonds. The maximum absolute atomic E-state index is 11.7. The molecule has 0 fully saturated rings. The number of allylic oxidation sites excluding steroid dienone is 2. The van der Waals surface area contributed by atoms with Gasteiger partial charge in [-0.2, -0.15) is 5.10 Å². The molecule has 4 rings (SSSR count). The van der Waals surface area contributed by atoms with Crippen LogP contribution in [0.5, 0.6) is 0 Å². The van der Waals surface area contributed by atoms with Crippen LogP contribution < -0.4 is 17.3 Å². The molecular weight excluding hydrogens is 424 g/mol. The van der Waals surface area contributed by atoms with Gasteiger partial charge in [-0.3, -0.25) is 9.55 Å². The lowest BCUT2D eigenvalue weighted by atomic mass is 10.0. The molecule has 7 nitrogen and oxygen atoms in total. The average molecular weight is 461 g/mol.